The molecule has 3 atom stereocenters. The summed E-state index contributed by atoms with van der Waals surface area (Å²) in [4.78, 5) is 0. The van der Waals surface area contributed by atoms with Crippen LogP contribution in [0.1, 0.15) is 49.6 Å². The summed E-state index contributed by atoms with van der Waals surface area (Å²) in [6.07, 6.45) is 5.30. The fraction of sp³-hybridized carbons (Fsp3) is 0.400. The Kier molecular flexibility index (Phi) is 7.25. The lowest BCUT2D eigenvalue weighted by atomic mass is 9.90. The van der Waals surface area contributed by atoms with E-state index < -0.39 is 18.1 Å². The number of hydrogen-bond donors (Lipinski definition) is 3. The van der Waals surface area contributed by atoms with Gasteiger partial charge in [-0.05, 0) is 49.6 Å². The molecule has 0 amide bonds. The molecular weight excluding hydrogens is 320 g/mol. The van der Waals surface area contributed by atoms with E-state index >= 15 is 0 Å². The molecule has 0 bridgehead atoms. The summed E-state index contributed by atoms with van der Waals surface area (Å²) in [5.74, 6) is 1.12. The Morgan fingerprint density at radius 3 is 2.64 bits per heavy atom. The van der Waals surface area contributed by atoms with Crippen LogP contribution in [0.5, 0.6) is 0 Å². The highest BCUT2D eigenvalue weighted by Crippen LogP contribution is 2.29. The SMILES string of the molecule is C=C[C@H]([C@H](O)CC/C(=C/c1ccc(CO)o1)CC)[C@H](O)c1ccco1. The van der Waals surface area contributed by atoms with Crippen LogP contribution in [0.3, 0.4) is 0 Å². The molecule has 2 heterocycles. The lowest BCUT2D eigenvalue weighted by Crippen LogP contribution is -2.25. The van der Waals surface area contributed by atoms with E-state index in [2.05, 4.69) is 6.58 Å². The molecule has 3 N–H and O–H groups in total. The van der Waals surface area contributed by atoms with E-state index in [0.717, 1.165) is 12.0 Å². The van der Waals surface area contributed by atoms with Crippen LogP contribution >= 0.6 is 0 Å². The van der Waals surface area contributed by atoms with E-state index in [4.69, 9.17) is 13.9 Å². The zero-order valence-electron chi connectivity index (χ0n) is 14.5. The minimum atomic E-state index is -0.922. The maximum atomic E-state index is 10.5. The molecule has 2 aromatic heterocycles. The Labute approximate surface area is 147 Å². The van der Waals surface area contributed by atoms with Crippen molar-refractivity contribution >= 4 is 6.08 Å². The van der Waals surface area contributed by atoms with Gasteiger partial charge in [0, 0.05) is 5.92 Å². The van der Waals surface area contributed by atoms with Crippen LogP contribution in [-0.2, 0) is 6.61 Å². The molecule has 0 spiro atoms. The van der Waals surface area contributed by atoms with Gasteiger partial charge in [-0.25, -0.2) is 0 Å². The molecule has 136 valence electrons. The summed E-state index contributed by atoms with van der Waals surface area (Å²) < 4.78 is 10.7. The molecule has 0 saturated heterocycles. The maximum Gasteiger partial charge on any atom is 0.132 e. The fourth-order valence-electron chi connectivity index (χ4n) is 2.78. The van der Waals surface area contributed by atoms with Crippen molar-refractivity contribution in [3.05, 3.63) is 66.0 Å². The number of furan rings is 2. The minimum Gasteiger partial charge on any atom is -0.467 e. The zero-order chi connectivity index (χ0) is 18.2. The van der Waals surface area contributed by atoms with E-state index in [9.17, 15) is 10.2 Å². The van der Waals surface area contributed by atoms with Gasteiger partial charge >= 0.3 is 0 Å². The van der Waals surface area contributed by atoms with Crippen LogP contribution in [0.25, 0.3) is 6.08 Å². The van der Waals surface area contributed by atoms with Crippen molar-refractivity contribution in [1.82, 2.24) is 0 Å². The summed E-state index contributed by atoms with van der Waals surface area (Å²) in [7, 11) is 0. The molecule has 0 fully saturated rings. The number of aliphatic hydroxyl groups is 3. The second kappa shape index (κ2) is 9.42. The first-order valence-corrected chi connectivity index (χ1v) is 8.50. The molecule has 0 radical (unpaired) electrons. The first kappa shape index (κ1) is 19.2. The lowest BCUT2D eigenvalue weighted by molar-refractivity contribution is 0.0207. The molecular formula is C20H26O5. The summed E-state index contributed by atoms with van der Waals surface area (Å²) in [6, 6.07) is 6.93. The van der Waals surface area contributed by atoms with Crippen molar-refractivity contribution in [1.29, 1.82) is 0 Å². The smallest absolute Gasteiger partial charge is 0.132 e. The largest absolute Gasteiger partial charge is 0.467 e. The Hall–Kier alpha value is -2.08. The van der Waals surface area contributed by atoms with Gasteiger partial charge in [-0.3, -0.25) is 0 Å². The van der Waals surface area contributed by atoms with Crippen molar-refractivity contribution in [3.63, 3.8) is 0 Å². The van der Waals surface area contributed by atoms with Gasteiger partial charge in [-0.1, -0.05) is 18.6 Å². The molecule has 0 aliphatic rings. The second-order valence-corrected chi connectivity index (χ2v) is 6.00. The minimum absolute atomic E-state index is 0.125. The van der Waals surface area contributed by atoms with Crippen molar-refractivity contribution in [2.24, 2.45) is 5.92 Å². The summed E-state index contributed by atoms with van der Waals surface area (Å²) in [5.41, 5.74) is 1.12. The van der Waals surface area contributed by atoms with Crippen molar-refractivity contribution < 1.29 is 24.2 Å². The molecule has 5 nitrogen and oxygen atoms in total. The highest BCUT2D eigenvalue weighted by atomic mass is 16.4. The van der Waals surface area contributed by atoms with Crippen LogP contribution in [0.2, 0.25) is 0 Å². The van der Waals surface area contributed by atoms with Gasteiger partial charge in [0.25, 0.3) is 0 Å². The summed E-state index contributed by atoms with van der Waals surface area (Å²) in [6.45, 7) is 5.64. The number of hydrogen-bond acceptors (Lipinski definition) is 5. The quantitative estimate of drug-likeness (QED) is 0.569. The zero-order valence-corrected chi connectivity index (χ0v) is 14.5. The van der Waals surface area contributed by atoms with Gasteiger partial charge in [0.05, 0.1) is 12.4 Å². The molecule has 0 aliphatic carbocycles. The standard InChI is InChI=1S/C20H26O5/c1-3-14(12-15-8-9-16(13-21)25-15)7-10-18(22)17(4-2)20(23)19-6-5-11-24-19/h4-6,8-9,11-12,17-18,20-23H,2-3,7,10,13H2,1H3/b14-12+/t17-,18-,20+/m1/s1. The van der Waals surface area contributed by atoms with Gasteiger partial charge in [0.2, 0.25) is 0 Å². The number of aliphatic hydroxyl groups excluding tert-OH is 3. The fourth-order valence-corrected chi connectivity index (χ4v) is 2.78. The van der Waals surface area contributed by atoms with Gasteiger partial charge in [-0.15, -0.1) is 6.58 Å². The monoisotopic (exact) mass is 346 g/mol. The van der Waals surface area contributed by atoms with Gasteiger partial charge in [0.1, 0.15) is 30.0 Å². The van der Waals surface area contributed by atoms with Crippen LogP contribution in [0.15, 0.2) is 57.6 Å². The summed E-state index contributed by atoms with van der Waals surface area (Å²) >= 11 is 0. The molecule has 5 heteroatoms. The lowest BCUT2D eigenvalue weighted by Gasteiger charge is -2.23. The predicted octanol–water partition coefficient (Wildman–Crippen LogP) is 3.84. The normalized spacial score (nSPS) is 15.8. The first-order valence-electron chi connectivity index (χ1n) is 8.50. The van der Waals surface area contributed by atoms with E-state index in [1.165, 1.54) is 6.26 Å². The van der Waals surface area contributed by atoms with Gasteiger partial charge in [0.15, 0.2) is 0 Å². The highest BCUT2D eigenvalue weighted by Gasteiger charge is 2.27. The van der Waals surface area contributed by atoms with Crippen LogP contribution in [0, 0.1) is 5.92 Å². The van der Waals surface area contributed by atoms with E-state index in [0.29, 0.717) is 30.1 Å². The van der Waals surface area contributed by atoms with Crippen LogP contribution in [-0.4, -0.2) is 21.4 Å². The van der Waals surface area contributed by atoms with Crippen LogP contribution in [0.4, 0.5) is 0 Å². The van der Waals surface area contributed by atoms with E-state index in [1.807, 2.05) is 19.1 Å². The topological polar surface area (TPSA) is 87.0 Å². The third kappa shape index (κ3) is 5.19. The molecule has 0 aliphatic heterocycles. The second-order valence-electron chi connectivity index (χ2n) is 6.00. The van der Waals surface area contributed by atoms with Gasteiger partial charge in [-0.2, -0.15) is 0 Å². The highest BCUT2D eigenvalue weighted by molar-refractivity contribution is 5.47. The molecule has 2 rings (SSSR count). The number of allylic oxidation sites excluding steroid dienone is 1. The average Bonchev–Trinajstić information content (AvgIpc) is 3.30. The van der Waals surface area contributed by atoms with Crippen molar-refractivity contribution in [3.8, 4) is 0 Å². The molecule has 2 aromatic rings. The summed E-state index contributed by atoms with van der Waals surface area (Å²) in [5, 5.41) is 29.9. The first-order chi connectivity index (χ1) is 12.1. The number of rotatable bonds is 10. The Morgan fingerprint density at radius 2 is 2.08 bits per heavy atom. The molecule has 25 heavy (non-hydrogen) atoms. The molecule has 0 aromatic carbocycles. The maximum absolute atomic E-state index is 10.5. The Balaban J connectivity index is 1.97. The Morgan fingerprint density at radius 1 is 1.28 bits per heavy atom. The molecule has 0 saturated carbocycles. The average molecular weight is 346 g/mol. The van der Waals surface area contributed by atoms with E-state index in [1.54, 1.807) is 24.3 Å². The predicted molar refractivity (Wildman–Crippen MR) is 95.5 cm³/mol. The van der Waals surface area contributed by atoms with Crippen molar-refractivity contribution in [2.75, 3.05) is 0 Å². The van der Waals surface area contributed by atoms with Crippen LogP contribution < -0.4 is 0 Å². The Bertz CT molecular complexity index is 668. The third-order valence-electron chi connectivity index (χ3n) is 4.32. The van der Waals surface area contributed by atoms with Gasteiger partial charge < -0.3 is 24.2 Å². The molecule has 0 unspecified atom stereocenters. The third-order valence-corrected chi connectivity index (χ3v) is 4.32. The van der Waals surface area contributed by atoms with Crippen molar-refractivity contribution in [2.45, 2.75) is 45.0 Å². The van der Waals surface area contributed by atoms with E-state index in [-0.39, 0.29) is 6.61 Å².